The van der Waals surface area contributed by atoms with Crippen molar-refractivity contribution in [3.63, 3.8) is 0 Å². The Morgan fingerprint density at radius 1 is 1.10 bits per heavy atom. The Labute approximate surface area is 62.2 Å². The second-order valence-electron chi connectivity index (χ2n) is 3.72. The minimum Gasteiger partial charge on any atom is -0.328 e. The van der Waals surface area contributed by atoms with Gasteiger partial charge in [0.25, 0.3) is 0 Å². The van der Waals surface area contributed by atoms with Crippen molar-refractivity contribution in [2.24, 2.45) is 5.73 Å². The summed E-state index contributed by atoms with van der Waals surface area (Å²) in [6.45, 7) is 0. The molecule has 0 aliphatic carbocycles. The highest BCUT2D eigenvalue weighted by Crippen LogP contribution is 2.24. The molecule has 3 atom stereocenters. The molecular formula is C8H16N2. The molecule has 2 bridgehead atoms. The molecule has 2 aliphatic heterocycles. The maximum atomic E-state index is 5.88. The van der Waals surface area contributed by atoms with Crippen molar-refractivity contribution >= 4 is 0 Å². The van der Waals surface area contributed by atoms with E-state index in [1.165, 1.54) is 32.1 Å². The molecule has 2 aliphatic rings. The van der Waals surface area contributed by atoms with Crippen molar-refractivity contribution in [3.8, 4) is 0 Å². The van der Waals surface area contributed by atoms with E-state index in [4.69, 9.17) is 5.73 Å². The lowest BCUT2D eigenvalue weighted by Gasteiger charge is -2.38. The SMILES string of the molecule is NC1CC2CCC[C@@H](C1)N2. The van der Waals surface area contributed by atoms with E-state index in [-0.39, 0.29) is 0 Å². The molecule has 0 radical (unpaired) electrons. The Balaban J connectivity index is 1.98. The van der Waals surface area contributed by atoms with Crippen molar-refractivity contribution in [1.82, 2.24) is 5.32 Å². The second kappa shape index (κ2) is 2.51. The number of piperidine rings is 2. The van der Waals surface area contributed by atoms with Crippen LogP contribution in [0.1, 0.15) is 32.1 Å². The van der Waals surface area contributed by atoms with Crippen molar-refractivity contribution in [3.05, 3.63) is 0 Å². The van der Waals surface area contributed by atoms with E-state index in [0.29, 0.717) is 6.04 Å². The van der Waals surface area contributed by atoms with Crippen LogP contribution in [0.2, 0.25) is 0 Å². The summed E-state index contributed by atoms with van der Waals surface area (Å²) in [6, 6.07) is 1.99. The summed E-state index contributed by atoms with van der Waals surface area (Å²) in [6.07, 6.45) is 6.52. The number of fused-ring (bicyclic) bond motifs is 2. The lowest BCUT2D eigenvalue weighted by molar-refractivity contribution is 0.222. The molecular weight excluding hydrogens is 124 g/mol. The van der Waals surface area contributed by atoms with Gasteiger partial charge in [0.1, 0.15) is 0 Å². The fourth-order valence-corrected chi connectivity index (χ4v) is 2.31. The van der Waals surface area contributed by atoms with E-state index in [2.05, 4.69) is 5.32 Å². The molecule has 2 nitrogen and oxygen atoms in total. The Morgan fingerprint density at radius 2 is 1.70 bits per heavy atom. The Kier molecular flexibility index (Phi) is 1.66. The van der Waals surface area contributed by atoms with E-state index in [1.807, 2.05) is 0 Å². The van der Waals surface area contributed by atoms with Crippen LogP contribution in [0.25, 0.3) is 0 Å². The largest absolute Gasteiger partial charge is 0.328 e. The van der Waals surface area contributed by atoms with E-state index in [1.54, 1.807) is 0 Å². The van der Waals surface area contributed by atoms with Gasteiger partial charge in [0.2, 0.25) is 0 Å². The molecule has 0 spiro atoms. The average molecular weight is 140 g/mol. The topological polar surface area (TPSA) is 38.0 Å². The molecule has 58 valence electrons. The Bertz CT molecular complexity index is 108. The minimum absolute atomic E-state index is 0.483. The molecule has 0 aromatic rings. The lowest BCUT2D eigenvalue weighted by atomic mass is 9.84. The average Bonchev–Trinajstić information content (AvgIpc) is 1.85. The van der Waals surface area contributed by atoms with Gasteiger partial charge in [0.15, 0.2) is 0 Å². The van der Waals surface area contributed by atoms with Gasteiger partial charge >= 0.3 is 0 Å². The second-order valence-corrected chi connectivity index (χ2v) is 3.72. The number of nitrogens with one attached hydrogen (secondary N) is 1. The van der Waals surface area contributed by atoms with Gasteiger partial charge < -0.3 is 11.1 Å². The summed E-state index contributed by atoms with van der Waals surface area (Å²) >= 11 is 0. The quantitative estimate of drug-likeness (QED) is 0.517. The normalized spacial score (nSPS) is 47.1. The molecule has 0 aromatic heterocycles. The van der Waals surface area contributed by atoms with Crippen LogP contribution in [0.3, 0.4) is 0 Å². The molecule has 2 fully saturated rings. The Morgan fingerprint density at radius 3 is 2.30 bits per heavy atom. The number of nitrogens with two attached hydrogens (primary N) is 1. The lowest BCUT2D eigenvalue weighted by Crippen LogP contribution is -2.52. The summed E-state index contributed by atoms with van der Waals surface area (Å²) in [5, 5.41) is 3.60. The third-order valence-electron chi connectivity index (χ3n) is 2.75. The van der Waals surface area contributed by atoms with Crippen molar-refractivity contribution < 1.29 is 0 Å². The van der Waals surface area contributed by atoms with Gasteiger partial charge in [-0.15, -0.1) is 0 Å². The van der Waals surface area contributed by atoms with Crippen molar-refractivity contribution in [1.29, 1.82) is 0 Å². The number of hydrogen-bond acceptors (Lipinski definition) is 2. The molecule has 0 saturated carbocycles. The van der Waals surface area contributed by atoms with Crippen LogP contribution in [0.5, 0.6) is 0 Å². The fraction of sp³-hybridized carbons (Fsp3) is 1.00. The van der Waals surface area contributed by atoms with E-state index < -0.39 is 0 Å². The summed E-state index contributed by atoms with van der Waals surface area (Å²) < 4.78 is 0. The van der Waals surface area contributed by atoms with Crippen LogP contribution >= 0.6 is 0 Å². The van der Waals surface area contributed by atoms with Gasteiger partial charge in [-0.05, 0) is 25.7 Å². The maximum Gasteiger partial charge on any atom is 0.00844 e. The zero-order valence-electron chi connectivity index (χ0n) is 6.34. The smallest absolute Gasteiger partial charge is 0.00844 e. The number of hydrogen-bond donors (Lipinski definition) is 2. The zero-order valence-corrected chi connectivity index (χ0v) is 6.34. The van der Waals surface area contributed by atoms with E-state index in [0.717, 1.165) is 12.1 Å². The van der Waals surface area contributed by atoms with E-state index in [9.17, 15) is 0 Å². The number of rotatable bonds is 0. The highest BCUT2D eigenvalue weighted by Gasteiger charge is 2.28. The summed E-state index contributed by atoms with van der Waals surface area (Å²) in [5.74, 6) is 0. The molecule has 2 heterocycles. The van der Waals surface area contributed by atoms with Crippen molar-refractivity contribution in [2.75, 3.05) is 0 Å². The highest BCUT2D eigenvalue weighted by atomic mass is 15.0. The van der Waals surface area contributed by atoms with Gasteiger partial charge in [0.05, 0.1) is 0 Å². The van der Waals surface area contributed by atoms with Gasteiger partial charge in [-0.25, -0.2) is 0 Å². The van der Waals surface area contributed by atoms with Gasteiger partial charge in [-0.2, -0.15) is 0 Å². The molecule has 2 rings (SSSR count). The monoisotopic (exact) mass is 140 g/mol. The predicted octanol–water partition coefficient (Wildman–Crippen LogP) is 0.618. The summed E-state index contributed by atoms with van der Waals surface area (Å²) in [7, 11) is 0. The first-order chi connectivity index (χ1) is 4.84. The van der Waals surface area contributed by atoms with E-state index >= 15 is 0 Å². The maximum absolute atomic E-state index is 5.88. The first-order valence-corrected chi connectivity index (χ1v) is 4.36. The van der Waals surface area contributed by atoms with Crippen LogP contribution in [0.4, 0.5) is 0 Å². The summed E-state index contributed by atoms with van der Waals surface area (Å²) in [4.78, 5) is 0. The predicted molar refractivity (Wildman–Crippen MR) is 41.8 cm³/mol. The van der Waals surface area contributed by atoms with Gasteiger partial charge in [-0.1, -0.05) is 6.42 Å². The molecule has 2 unspecified atom stereocenters. The standard InChI is InChI=1S/C8H16N2/c9-6-4-7-2-1-3-8(5-6)10-7/h6-8,10H,1-5,9H2/t6?,7-,8?/m0/s1. The fourth-order valence-electron chi connectivity index (χ4n) is 2.31. The summed E-state index contributed by atoms with van der Waals surface area (Å²) in [5.41, 5.74) is 5.88. The van der Waals surface area contributed by atoms with Crippen molar-refractivity contribution in [2.45, 2.75) is 50.2 Å². The Hall–Kier alpha value is -0.0800. The first-order valence-electron chi connectivity index (χ1n) is 4.36. The van der Waals surface area contributed by atoms with Crippen LogP contribution in [-0.4, -0.2) is 18.1 Å². The molecule has 0 amide bonds. The molecule has 3 N–H and O–H groups in total. The van der Waals surface area contributed by atoms with Crippen LogP contribution in [0.15, 0.2) is 0 Å². The molecule has 0 aromatic carbocycles. The van der Waals surface area contributed by atoms with Crippen LogP contribution in [0, 0.1) is 0 Å². The third kappa shape index (κ3) is 1.18. The highest BCUT2D eigenvalue weighted by molar-refractivity contribution is 4.90. The van der Waals surface area contributed by atoms with Gasteiger partial charge in [0, 0.05) is 18.1 Å². The molecule has 2 saturated heterocycles. The van der Waals surface area contributed by atoms with Crippen LogP contribution < -0.4 is 11.1 Å². The van der Waals surface area contributed by atoms with Gasteiger partial charge in [-0.3, -0.25) is 0 Å². The molecule has 2 heteroatoms. The zero-order chi connectivity index (χ0) is 6.97. The minimum atomic E-state index is 0.483. The molecule has 10 heavy (non-hydrogen) atoms. The third-order valence-corrected chi connectivity index (χ3v) is 2.75. The van der Waals surface area contributed by atoms with Crippen LogP contribution in [-0.2, 0) is 0 Å². The first kappa shape index (κ1) is 6.62.